The van der Waals surface area contributed by atoms with Crippen molar-refractivity contribution >= 4 is 120 Å². The van der Waals surface area contributed by atoms with Gasteiger partial charge in [0.15, 0.2) is 0 Å². The molecule has 2 aliphatic rings. The number of aryl methyl sites for hydroxylation is 1. The zero-order valence-electron chi connectivity index (χ0n) is 57.3. The minimum Gasteiger partial charge on any atom is -0.310 e. The maximum atomic E-state index is 2.54. The van der Waals surface area contributed by atoms with Crippen LogP contribution in [0.3, 0.4) is 0 Å². The topological polar surface area (TPSA) is 6.48 Å². The number of nitrogens with zero attached hydrogens (tertiary/aromatic N) is 2. The van der Waals surface area contributed by atoms with Crippen molar-refractivity contribution in [3.8, 4) is 44.5 Å². The first-order valence-corrected chi connectivity index (χ1v) is 35.1. The van der Waals surface area contributed by atoms with Crippen LogP contribution in [0.1, 0.15) is 81.8 Å². The summed E-state index contributed by atoms with van der Waals surface area (Å²) in [6.07, 6.45) is 0. The van der Waals surface area contributed by atoms with E-state index in [1.807, 2.05) is 0 Å². The first-order chi connectivity index (χ1) is 48.2. The summed E-state index contributed by atoms with van der Waals surface area (Å²) in [5.41, 5.74) is 24.1. The summed E-state index contributed by atoms with van der Waals surface area (Å²) >= 11 is 0. The molecular formula is C97H74N2. The van der Waals surface area contributed by atoms with Gasteiger partial charge in [0.05, 0.1) is 0 Å². The van der Waals surface area contributed by atoms with Gasteiger partial charge in [0.25, 0.3) is 0 Å². The van der Waals surface area contributed by atoms with Crippen LogP contribution in [-0.4, -0.2) is 0 Å². The Bertz CT molecular complexity index is 6270. The Balaban J connectivity index is 0.924. The molecule has 0 N–H and O–H groups in total. The van der Waals surface area contributed by atoms with Crippen molar-refractivity contribution in [3.05, 3.63) is 337 Å². The molecule has 19 rings (SSSR count). The van der Waals surface area contributed by atoms with E-state index in [2.05, 4.69) is 369 Å². The second-order valence-electron chi connectivity index (χ2n) is 30.0. The molecule has 472 valence electrons. The second kappa shape index (κ2) is 21.7. The molecule has 0 fully saturated rings. The van der Waals surface area contributed by atoms with E-state index in [0.717, 1.165) is 34.1 Å². The second-order valence-corrected chi connectivity index (χ2v) is 30.0. The summed E-state index contributed by atoms with van der Waals surface area (Å²) in [6, 6.07) is 116. The molecule has 17 aromatic rings. The predicted octanol–water partition coefficient (Wildman–Crippen LogP) is 27.4. The van der Waals surface area contributed by atoms with Crippen LogP contribution in [0, 0.1) is 6.92 Å². The highest BCUT2D eigenvalue weighted by Gasteiger charge is 2.39. The van der Waals surface area contributed by atoms with Gasteiger partial charge in [-0.05, 0) is 256 Å². The molecule has 99 heavy (non-hydrogen) atoms. The summed E-state index contributed by atoms with van der Waals surface area (Å²) in [4.78, 5) is 5.04. The van der Waals surface area contributed by atoms with Gasteiger partial charge in [-0.2, -0.15) is 0 Å². The number of fused-ring (bicyclic) bond motifs is 18. The normalized spacial score (nSPS) is 13.6. The number of benzene rings is 17. The SMILES string of the molecule is Cc1ccc(N(c2ccc3c(c2)C(C)(C)c2ccc4ccccc4c2-3)c2ccc3c(-c4cc5ccccc5c5ccccc45)c4cc(N(c5ccc(C(C)(C)C)cc5)c5ccc6c(c5)C(C)(C)c5ccc7ccccc7c5-6)ccc4c(-c4cc5ccccc5c5ccccc45)c3c2)cc1. The molecule has 2 aliphatic carbocycles. The molecule has 0 radical (unpaired) electrons. The van der Waals surface area contributed by atoms with E-state index >= 15 is 0 Å². The van der Waals surface area contributed by atoms with E-state index in [9.17, 15) is 0 Å². The summed E-state index contributed by atoms with van der Waals surface area (Å²) in [5.74, 6) is 0. The fraction of sp³-hybridized carbons (Fsp3) is 0.113. The highest BCUT2D eigenvalue weighted by Crippen LogP contribution is 2.57. The molecule has 0 aromatic heterocycles. The van der Waals surface area contributed by atoms with Crippen LogP contribution in [-0.2, 0) is 16.2 Å². The molecule has 17 aromatic carbocycles. The smallest absolute Gasteiger partial charge is 0.0468 e. The lowest BCUT2D eigenvalue weighted by molar-refractivity contribution is 0.590. The number of hydrogen-bond donors (Lipinski definition) is 0. The van der Waals surface area contributed by atoms with Crippen molar-refractivity contribution < 1.29 is 0 Å². The van der Waals surface area contributed by atoms with Crippen LogP contribution < -0.4 is 9.80 Å². The highest BCUT2D eigenvalue weighted by molar-refractivity contribution is 6.29. The van der Waals surface area contributed by atoms with Gasteiger partial charge in [-0.1, -0.05) is 272 Å². The Morgan fingerprint density at radius 1 is 0.232 bits per heavy atom. The summed E-state index contributed by atoms with van der Waals surface area (Å²) < 4.78 is 0. The van der Waals surface area contributed by atoms with Gasteiger partial charge in [0, 0.05) is 45.0 Å². The average molecular weight is 1270 g/mol. The molecular weight excluding hydrogens is 1190 g/mol. The monoisotopic (exact) mass is 1270 g/mol. The molecule has 0 saturated heterocycles. The van der Waals surface area contributed by atoms with E-state index in [-0.39, 0.29) is 16.2 Å². The molecule has 0 saturated carbocycles. The third kappa shape index (κ3) is 8.94. The Labute approximate surface area is 579 Å². The average Bonchev–Trinajstić information content (AvgIpc) is 1.71. The van der Waals surface area contributed by atoms with Crippen molar-refractivity contribution in [2.45, 2.75) is 71.6 Å². The minimum atomic E-state index is -0.247. The minimum absolute atomic E-state index is 0.0300. The zero-order chi connectivity index (χ0) is 66.8. The van der Waals surface area contributed by atoms with E-state index in [1.165, 1.54) is 164 Å². The maximum Gasteiger partial charge on any atom is 0.0468 e. The lowest BCUT2D eigenvalue weighted by Crippen LogP contribution is -2.17. The van der Waals surface area contributed by atoms with Gasteiger partial charge in [0.1, 0.15) is 0 Å². The summed E-state index contributed by atoms with van der Waals surface area (Å²) in [5, 5.41) is 19.7. The Kier molecular flexibility index (Phi) is 12.9. The number of anilines is 6. The lowest BCUT2D eigenvalue weighted by atomic mass is 9.81. The van der Waals surface area contributed by atoms with Crippen molar-refractivity contribution in [3.63, 3.8) is 0 Å². The fourth-order valence-electron chi connectivity index (χ4n) is 17.6. The van der Waals surface area contributed by atoms with Crippen molar-refractivity contribution in [2.24, 2.45) is 0 Å². The van der Waals surface area contributed by atoms with Crippen molar-refractivity contribution in [1.29, 1.82) is 0 Å². The van der Waals surface area contributed by atoms with E-state index in [4.69, 9.17) is 0 Å². The Morgan fingerprint density at radius 2 is 0.576 bits per heavy atom. The molecule has 2 nitrogen and oxygen atoms in total. The molecule has 2 heteroatoms. The van der Waals surface area contributed by atoms with Gasteiger partial charge < -0.3 is 9.80 Å². The van der Waals surface area contributed by atoms with E-state index in [0.29, 0.717) is 0 Å². The van der Waals surface area contributed by atoms with Crippen LogP contribution >= 0.6 is 0 Å². The molecule has 0 amide bonds. The van der Waals surface area contributed by atoms with Crippen molar-refractivity contribution in [1.82, 2.24) is 0 Å². The molecule has 0 atom stereocenters. The largest absolute Gasteiger partial charge is 0.310 e. The summed E-state index contributed by atoms with van der Waals surface area (Å²) in [7, 11) is 0. The van der Waals surface area contributed by atoms with Gasteiger partial charge >= 0.3 is 0 Å². The fourth-order valence-corrected chi connectivity index (χ4v) is 17.6. The number of rotatable bonds is 8. The van der Waals surface area contributed by atoms with E-state index in [1.54, 1.807) is 0 Å². The van der Waals surface area contributed by atoms with Gasteiger partial charge in [0.2, 0.25) is 0 Å². The van der Waals surface area contributed by atoms with Crippen LogP contribution in [0.5, 0.6) is 0 Å². The van der Waals surface area contributed by atoms with Gasteiger partial charge in [-0.3, -0.25) is 0 Å². The van der Waals surface area contributed by atoms with Crippen molar-refractivity contribution in [2.75, 3.05) is 9.80 Å². The summed E-state index contributed by atoms with van der Waals surface area (Å²) in [6.45, 7) is 18.8. The predicted molar refractivity (Wildman–Crippen MR) is 425 cm³/mol. The molecule has 0 aliphatic heterocycles. The standard InChI is InChI=1S/C97H74N2/c1-59-33-39-65(40-34-59)98(69-45-49-81-89(57-69)96(5,6)87-51-35-60-21-9-15-27-73(60)93(81)87)67-43-47-79-85(55-67)91(83-53-62-23-11-13-25-71(62)75-29-17-19-31-77(75)83)80-48-44-68(56-86(80)92(79)84-54-63-24-12-14-26-72(63)76-30-18-20-32-78(76)84)99(66-41-37-64(38-42-66)95(2,3)4)70-46-50-82-90(58-70)97(7,8)88-52-36-61-22-10-16-28-74(61)94(82)88/h9-58H,1-8H3. The first-order valence-electron chi connectivity index (χ1n) is 35.1. The lowest BCUT2D eigenvalue weighted by Gasteiger charge is -2.30. The molecule has 0 bridgehead atoms. The van der Waals surface area contributed by atoms with Crippen LogP contribution in [0.15, 0.2) is 303 Å². The maximum absolute atomic E-state index is 2.54. The van der Waals surface area contributed by atoms with Crippen LogP contribution in [0.4, 0.5) is 34.1 Å². The van der Waals surface area contributed by atoms with Crippen LogP contribution in [0.2, 0.25) is 0 Å². The number of hydrogen-bond acceptors (Lipinski definition) is 2. The third-order valence-corrected chi connectivity index (χ3v) is 22.6. The quantitative estimate of drug-likeness (QED) is 0.111. The van der Waals surface area contributed by atoms with Gasteiger partial charge in [-0.15, -0.1) is 0 Å². The molecule has 0 spiro atoms. The van der Waals surface area contributed by atoms with Gasteiger partial charge in [-0.25, -0.2) is 0 Å². The Morgan fingerprint density at radius 3 is 1.00 bits per heavy atom. The highest BCUT2D eigenvalue weighted by atomic mass is 15.1. The molecule has 0 unspecified atom stereocenters. The first kappa shape index (κ1) is 58.7. The Hall–Kier alpha value is -11.6. The zero-order valence-corrected chi connectivity index (χ0v) is 57.3. The van der Waals surface area contributed by atoms with Crippen LogP contribution in [0.25, 0.3) is 131 Å². The molecule has 0 heterocycles. The third-order valence-electron chi connectivity index (χ3n) is 22.6. The van der Waals surface area contributed by atoms with E-state index < -0.39 is 0 Å².